The van der Waals surface area contributed by atoms with Crippen molar-refractivity contribution in [2.45, 2.75) is 11.6 Å². The molecule has 2 aliphatic rings. The molecule has 8 heteroatoms. The molecular formula is C28H27N3O5. The van der Waals surface area contributed by atoms with Crippen LogP contribution >= 0.6 is 0 Å². The number of imide groups is 1. The SMILES string of the molecule is O=C1C2C(c3ccc(-c4ccccc4)cc3)NC(CO)(C(=O)O)C2C(=O)N1CCNc1ccccc1. The van der Waals surface area contributed by atoms with Gasteiger partial charge in [0, 0.05) is 24.8 Å². The Hall–Kier alpha value is -4.01. The Morgan fingerprint density at radius 2 is 1.50 bits per heavy atom. The zero-order chi connectivity index (χ0) is 25.3. The summed E-state index contributed by atoms with van der Waals surface area (Å²) in [5.41, 5.74) is 1.60. The molecule has 4 atom stereocenters. The molecular weight excluding hydrogens is 458 g/mol. The van der Waals surface area contributed by atoms with Crippen LogP contribution in [0, 0.1) is 11.8 Å². The van der Waals surface area contributed by atoms with Gasteiger partial charge in [-0.15, -0.1) is 0 Å². The van der Waals surface area contributed by atoms with Gasteiger partial charge >= 0.3 is 5.97 Å². The number of aliphatic hydroxyl groups is 1. The Labute approximate surface area is 208 Å². The number of aliphatic carboxylic acids is 1. The maximum Gasteiger partial charge on any atom is 0.327 e. The highest BCUT2D eigenvalue weighted by Crippen LogP contribution is 2.48. The highest BCUT2D eigenvalue weighted by Gasteiger charge is 2.68. The Balaban J connectivity index is 1.42. The number of carbonyl (C=O) groups excluding carboxylic acids is 2. The minimum Gasteiger partial charge on any atom is -0.480 e. The van der Waals surface area contributed by atoms with Crippen molar-refractivity contribution in [3.8, 4) is 11.1 Å². The Kier molecular flexibility index (Phi) is 6.30. The standard InChI is InChI=1S/C28H27N3O5/c32-17-28(27(35)36)23-22(25(33)31(26(23)34)16-15-29-21-9-5-2-6-10-21)24(30-28)20-13-11-19(12-14-20)18-7-3-1-4-8-18/h1-14,22-24,29-30,32H,15-17H2,(H,35,36). The molecule has 0 spiro atoms. The van der Waals surface area contributed by atoms with Crippen LogP contribution in [0.1, 0.15) is 11.6 Å². The third-order valence-corrected chi connectivity index (χ3v) is 7.19. The van der Waals surface area contributed by atoms with Gasteiger partial charge in [-0.25, -0.2) is 0 Å². The van der Waals surface area contributed by atoms with Crippen LogP contribution in [0.4, 0.5) is 5.69 Å². The molecule has 3 aromatic rings. The van der Waals surface area contributed by atoms with E-state index < -0.39 is 47.8 Å². The fourth-order valence-corrected chi connectivity index (χ4v) is 5.36. The first-order valence-electron chi connectivity index (χ1n) is 11.9. The Morgan fingerprint density at radius 3 is 2.11 bits per heavy atom. The average molecular weight is 486 g/mol. The molecule has 0 aliphatic carbocycles. The van der Waals surface area contributed by atoms with Crippen LogP contribution in [0.5, 0.6) is 0 Å². The lowest BCUT2D eigenvalue weighted by molar-refractivity contribution is -0.153. The molecule has 3 aromatic carbocycles. The van der Waals surface area contributed by atoms with Crippen LogP contribution in [0.3, 0.4) is 0 Å². The number of likely N-dealkylation sites (tertiary alicyclic amines) is 1. The number of hydrogen-bond donors (Lipinski definition) is 4. The maximum absolute atomic E-state index is 13.5. The van der Waals surface area contributed by atoms with Crippen molar-refractivity contribution in [2.75, 3.05) is 25.0 Å². The van der Waals surface area contributed by atoms with Crippen LogP contribution in [-0.2, 0) is 14.4 Å². The molecule has 0 saturated carbocycles. The molecule has 0 bridgehead atoms. The molecule has 4 N–H and O–H groups in total. The Morgan fingerprint density at radius 1 is 0.889 bits per heavy atom. The van der Waals surface area contributed by atoms with Crippen LogP contribution in [-0.4, -0.2) is 58.1 Å². The smallest absolute Gasteiger partial charge is 0.327 e. The monoisotopic (exact) mass is 485 g/mol. The lowest BCUT2D eigenvalue weighted by Gasteiger charge is -2.29. The minimum atomic E-state index is -1.94. The Bertz CT molecular complexity index is 1270. The second-order valence-electron chi connectivity index (χ2n) is 9.17. The number of rotatable bonds is 8. The number of carboxylic acids is 1. The molecule has 36 heavy (non-hydrogen) atoms. The summed E-state index contributed by atoms with van der Waals surface area (Å²) in [4.78, 5) is 40.4. The van der Waals surface area contributed by atoms with E-state index in [1.54, 1.807) is 0 Å². The average Bonchev–Trinajstić information content (AvgIpc) is 3.40. The number of anilines is 1. The van der Waals surface area contributed by atoms with E-state index in [1.807, 2.05) is 84.9 Å². The predicted octanol–water partition coefficient (Wildman–Crippen LogP) is 2.53. The number of carbonyl (C=O) groups is 3. The largest absolute Gasteiger partial charge is 0.480 e. The summed E-state index contributed by atoms with van der Waals surface area (Å²) in [5, 5.41) is 26.4. The molecule has 4 unspecified atom stereocenters. The van der Waals surface area contributed by atoms with Crippen LogP contribution in [0.25, 0.3) is 11.1 Å². The zero-order valence-electron chi connectivity index (χ0n) is 19.5. The summed E-state index contributed by atoms with van der Waals surface area (Å²) in [5.74, 6) is -4.50. The van der Waals surface area contributed by atoms with Crippen molar-refractivity contribution >= 4 is 23.5 Å². The first-order valence-corrected chi connectivity index (χ1v) is 11.9. The first-order chi connectivity index (χ1) is 17.5. The van der Waals surface area contributed by atoms with E-state index in [0.29, 0.717) is 12.1 Å². The van der Waals surface area contributed by atoms with Gasteiger partial charge in [-0.1, -0.05) is 72.8 Å². The fourth-order valence-electron chi connectivity index (χ4n) is 5.36. The van der Waals surface area contributed by atoms with Gasteiger partial charge in [0.15, 0.2) is 5.54 Å². The number of fused-ring (bicyclic) bond motifs is 1. The summed E-state index contributed by atoms with van der Waals surface area (Å²) in [6.45, 7) is -0.387. The molecule has 2 fully saturated rings. The quantitative estimate of drug-likeness (QED) is 0.362. The molecule has 2 heterocycles. The van der Waals surface area contributed by atoms with Crippen LogP contribution in [0.2, 0.25) is 0 Å². The van der Waals surface area contributed by atoms with E-state index in [4.69, 9.17) is 0 Å². The summed E-state index contributed by atoms with van der Waals surface area (Å²) < 4.78 is 0. The van der Waals surface area contributed by atoms with Crippen molar-refractivity contribution in [3.05, 3.63) is 90.5 Å². The van der Waals surface area contributed by atoms with E-state index in [9.17, 15) is 24.6 Å². The normalized spacial score (nSPS) is 25.1. The van der Waals surface area contributed by atoms with E-state index in [1.165, 1.54) is 0 Å². The van der Waals surface area contributed by atoms with Crippen molar-refractivity contribution < 1.29 is 24.6 Å². The summed E-state index contributed by atoms with van der Waals surface area (Å²) >= 11 is 0. The molecule has 2 amide bonds. The van der Waals surface area contributed by atoms with E-state index in [-0.39, 0.29) is 6.54 Å². The number of amides is 2. The topological polar surface area (TPSA) is 119 Å². The molecule has 2 saturated heterocycles. The van der Waals surface area contributed by atoms with Gasteiger partial charge in [0.25, 0.3) is 0 Å². The van der Waals surface area contributed by atoms with E-state index >= 15 is 0 Å². The summed E-state index contributed by atoms with van der Waals surface area (Å²) in [6.07, 6.45) is 0. The number of para-hydroxylation sites is 1. The lowest BCUT2D eigenvalue weighted by Crippen LogP contribution is -2.58. The van der Waals surface area contributed by atoms with Crippen molar-refractivity contribution in [3.63, 3.8) is 0 Å². The van der Waals surface area contributed by atoms with Crippen molar-refractivity contribution in [1.29, 1.82) is 0 Å². The van der Waals surface area contributed by atoms with Gasteiger partial charge in [-0.2, -0.15) is 0 Å². The fraction of sp³-hybridized carbons (Fsp3) is 0.250. The summed E-state index contributed by atoms with van der Waals surface area (Å²) in [7, 11) is 0. The number of nitrogens with one attached hydrogen (secondary N) is 2. The molecule has 0 aromatic heterocycles. The predicted molar refractivity (Wildman–Crippen MR) is 134 cm³/mol. The second kappa shape index (κ2) is 9.56. The van der Waals surface area contributed by atoms with E-state index in [2.05, 4.69) is 10.6 Å². The molecule has 5 rings (SSSR count). The third-order valence-electron chi connectivity index (χ3n) is 7.19. The van der Waals surface area contributed by atoms with Crippen LogP contribution in [0.15, 0.2) is 84.9 Å². The molecule has 2 aliphatic heterocycles. The van der Waals surface area contributed by atoms with Gasteiger partial charge in [0.05, 0.1) is 18.4 Å². The number of aliphatic hydroxyl groups excluding tert-OH is 1. The minimum absolute atomic E-state index is 0.0976. The van der Waals surface area contributed by atoms with Crippen molar-refractivity contribution in [2.24, 2.45) is 11.8 Å². The van der Waals surface area contributed by atoms with Gasteiger partial charge in [0.1, 0.15) is 0 Å². The number of hydrogen-bond acceptors (Lipinski definition) is 6. The maximum atomic E-state index is 13.5. The molecule has 184 valence electrons. The highest BCUT2D eigenvalue weighted by atomic mass is 16.4. The summed E-state index contributed by atoms with van der Waals surface area (Å²) in [6, 6.07) is 25.9. The molecule has 8 nitrogen and oxygen atoms in total. The van der Waals surface area contributed by atoms with Gasteiger partial charge in [-0.3, -0.25) is 24.6 Å². The van der Waals surface area contributed by atoms with Gasteiger partial charge in [-0.05, 0) is 28.8 Å². The van der Waals surface area contributed by atoms with Crippen LogP contribution < -0.4 is 10.6 Å². The number of carboxylic acid groups (broad SMARTS) is 1. The number of benzene rings is 3. The van der Waals surface area contributed by atoms with Gasteiger partial charge < -0.3 is 15.5 Å². The number of nitrogens with zero attached hydrogens (tertiary/aromatic N) is 1. The molecule has 0 radical (unpaired) electrons. The van der Waals surface area contributed by atoms with Crippen molar-refractivity contribution in [1.82, 2.24) is 10.2 Å². The third kappa shape index (κ3) is 3.94. The van der Waals surface area contributed by atoms with E-state index in [0.717, 1.165) is 21.7 Å². The lowest BCUT2D eigenvalue weighted by atomic mass is 9.79. The highest BCUT2D eigenvalue weighted by molar-refractivity contribution is 6.09. The second-order valence-corrected chi connectivity index (χ2v) is 9.17. The van der Waals surface area contributed by atoms with Gasteiger partial charge in [0.2, 0.25) is 11.8 Å². The zero-order valence-corrected chi connectivity index (χ0v) is 19.5. The first kappa shape index (κ1) is 23.7.